The number of carboxylic acid groups (broad SMARTS) is 1. The molecule has 3 rings (SSSR count). The Balaban J connectivity index is 2.20. The van der Waals surface area contributed by atoms with Crippen molar-refractivity contribution in [3.8, 4) is 5.75 Å². The summed E-state index contributed by atoms with van der Waals surface area (Å²) in [6, 6.07) is 4.38. The molecule has 7 nitrogen and oxygen atoms in total. The van der Waals surface area contributed by atoms with E-state index in [-0.39, 0.29) is 11.2 Å². The second-order valence-corrected chi connectivity index (χ2v) is 5.95. The summed E-state index contributed by atoms with van der Waals surface area (Å²) >= 11 is 0. The molecule has 128 valence electrons. The first kappa shape index (κ1) is 16.3. The maximum absolute atomic E-state index is 12.3. The number of carbonyl (C=O) groups is 1. The van der Waals surface area contributed by atoms with Gasteiger partial charge in [0.25, 0.3) is 0 Å². The zero-order valence-electron chi connectivity index (χ0n) is 13.7. The fourth-order valence-electron chi connectivity index (χ4n) is 2.96. The minimum absolute atomic E-state index is 0.297. The van der Waals surface area contributed by atoms with E-state index in [0.29, 0.717) is 22.4 Å². The summed E-state index contributed by atoms with van der Waals surface area (Å²) in [5.41, 5.74) is 0.603. The molecule has 0 saturated carbocycles. The molecule has 0 spiro atoms. The lowest BCUT2D eigenvalue weighted by Gasteiger charge is -2.24. The molecule has 1 aliphatic rings. The maximum Gasteiger partial charge on any atom is 0.371 e. The second-order valence-electron chi connectivity index (χ2n) is 5.95. The van der Waals surface area contributed by atoms with Crippen LogP contribution in [-0.2, 0) is 0 Å². The minimum atomic E-state index is -1.26. The molecule has 24 heavy (non-hydrogen) atoms. The SMILES string of the molecule is COc1cc(N2CCCN(C)CC2)c2oc(C(=O)O)cc(=O)c2c1. The Morgan fingerprint density at radius 1 is 1.21 bits per heavy atom. The number of likely N-dealkylation sites (N-methyl/N-ethyl adjacent to an activating group) is 1. The van der Waals surface area contributed by atoms with E-state index in [4.69, 9.17) is 9.15 Å². The van der Waals surface area contributed by atoms with Crippen LogP contribution >= 0.6 is 0 Å². The van der Waals surface area contributed by atoms with Gasteiger partial charge in [-0.15, -0.1) is 0 Å². The van der Waals surface area contributed by atoms with Gasteiger partial charge in [-0.05, 0) is 26.1 Å². The van der Waals surface area contributed by atoms with E-state index in [1.807, 2.05) is 0 Å². The minimum Gasteiger partial charge on any atom is -0.497 e. The molecule has 1 fully saturated rings. The summed E-state index contributed by atoms with van der Waals surface area (Å²) in [5.74, 6) is -1.07. The van der Waals surface area contributed by atoms with E-state index in [9.17, 15) is 14.7 Å². The van der Waals surface area contributed by atoms with Crippen molar-refractivity contribution in [3.63, 3.8) is 0 Å². The Hall–Kier alpha value is -2.54. The molecular formula is C17H20N2O5. The van der Waals surface area contributed by atoms with E-state index < -0.39 is 5.97 Å². The molecule has 1 aliphatic heterocycles. The van der Waals surface area contributed by atoms with E-state index >= 15 is 0 Å². The quantitative estimate of drug-likeness (QED) is 0.915. The first-order chi connectivity index (χ1) is 11.5. The van der Waals surface area contributed by atoms with Crippen LogP contribution in [0.3, 0.4) is 0 Å². The highest BCUT2D eigenvalue weighted by Gasteiger charge is 2.20. The molecule has 2 heterocycles. The molecule has 0 bridgehead atoms. The van der Waals surface area contributed by atoms with Crippen molar-refractivity contribution in [1.29, 1.82) is 0 Å². The van der Waals surface area contributed by atoms with Gasteiger partial charge in [-0.1, -0.05) is 0 Å². The molecule has 0 aliphatic carbocycles. The molecule has 0 amide bonds. The first-order valence-electron chi connectivity index (χ1n) is 7.82. The highest BCUT2D eigenvalue weighted by Crippen LogP contribution is 2.32. The summed E-state index contributed by atoms with van der Waals surface area (Å²) in [4.78, 5) is 27.9. The Morgan fingerprint density at radius 3 is 2.71 bits per heavy atom. The Labute approximate surface area is 139 Å². The van der Waals surface area contributed by atoms with Gasteiger partial charge in [-0.25, -0.2) is 4.79 Å². The summed E-state index contributed by atoms with van der Waals surface area (Å²) in [6.45, 7) is 3.43. The third kappa shape index (κ3) is 3.07. The van der Waals surface area contributed by atoms with Crippen molar-refractivity contribution in [1.82, 2.24) is 4.90 Å². The number of fused-ring (bicyclic) bond motifs is 1. The Morgan fingerprint density at radius 2 is 2.00 bits per heavy atom. The van der Waals surface area contributed by atoms with Crippen molar-refractivity contribution in [2.75, 3.05) is 45.2 Å². The van der Waals surface area contributed by atoms with Crippen LogP contribution in [0.25, 0.3) is 11.0 Å². The molecule has 0 radical (unpaired) electrons. The van der Waals surface area contributed by atoms with Crippen molar-refractivity contribution in [2.45, 2.75) is 6.42 Å². The fourth-order valence-corrected chi connectivity index (χ4v) is 2.96. The third-order valence-corrected chi connectivity index (χ3v) is 4.29. The molecule has 1 saturated heterocycles. The van der Waals surface area contributed by atoms with E-state index in [0.717, 1.165) is 38.7 Å². The van der Waals surface area contributed by atoms with Gasteiger partial charge in [-0.3, -0.25) is 4.79 Å². The predicted octanol–water partition coefficient (Wildman–Crippen LogP) is 1.64. The lowest BCUT2D eigenvalue weighted by atomic mass is 10.1. The number of carboxylic acids is 1. The van der Waals surface area contributed by atoms with Crippen molar-refractivity contribution >= 4 is 22.6 Å². The highest BCUT2D eigenvalue weighted by molar-refractivity contribution is 5.93. The van der Waals surface area contributed by atoms with Gasteiger partial charge in [0.05, 0.1) is 18.2 Å². The smallest absolute Gasteiger partial charge is 0.371 e. The molecule has 0 unspecified atom stereocenters. The second kappa shape index (κ2) is 6.52. The molecule has 1 aromatic heterocycles. The Kier molecular flexibility index (Phi) is 4.44. The average molecular weight is 332 g/mol. The van der Waals surface area contributed by atoms with Crippen molar-refractivity contribution < 1.29 is 19.1 Å². The summed E-state index contributed by atoms with van der Waals surface area (Å²) in [7, 11) is 3.60. The van der Waals surface area contributed by atoms with Crippen molar-refractivity contribution in [2.24, 2.45) is 0 Å². The fraction of sp³-hybridized carbons (Fsp3) is 0.412. The standard InChI is InChI=1S/C17H20N2O5/c1-18-4-3-5-19(7-6-18)13-9-11(23-2)8-12-14(20)10-15(17(21)22)24-16(12)13/h8-10H,3-7H2,1-2H3,(H,21,22). The van der Waals surface area contributed by atoms with E-state index in [2.05, 4.69) is 16.8 Å². The number of hydrogen-bond donors (Lipinski definition) is 1. The van der Waals surface area contributed by atoms with Crippen LogP contribution in [-0.4, -0.2) is 56.3 Å². The lowest BCUT2D eigenvalue weighted by molar-refractivity contribution is 0.0663. The normalized spacial score (nSPS) is 16.2. The Bertz CT molecular complexity index is 830. The van der Waals surface area contributed by atoms with Crippen LogP contribution in [0.2, 0.25) is 0 Å². The topological polar surface area (TPSA) is 83.2 Å². The van der Waals surface area contributed by atoms with E-state index in [1.165, 1.54) is 7.11 Å². The van der Waals surface area contributed by atoms with Crippen LogP contribution in [0.15, 0.2) is 27.4 Å². The zero-order chi connectivity index (χ0) is 17.3. The van der Waals surface area contributed by atoms with Crippen LogP contribution in [0.5, 0.6) is 5.75 Å². The van der Waals surface area contributed by atoms with Crippen LogP contribution in [0.4, 0.5) is 5.69 Å². The van der Waals surface area contributed by atoms with Gasteiger partial charge >= 0.3 is 5.97 Å². The zero-order valence-corrected chi connectivity index (χ0v) is 13.7. The van der Waals surface area contributed by atoms with Gasteiger partial charge in [0, 0.05) is 31.8 Å². The number of ether oxygens (including phenoxy) is 1. The van der Waals surface area contributed by atoms with Gasteiger partial charge in [0.1, 0.15) is 5.75 Å². The number of anilines is 1. The summed E-state index contributed by atoms with van der Waals surface area (Å²) in [6.07, 6.45) is 0.970. The highest BCUT2D eigenvalue weighted by atomic mass is 16.5. The summed E-state index contributed by atoms with van der Waals surface area (Å²) < 4.78 is 10.9. The molecule has 7 heteroatoms. The molecular weight excluding hydrogens is 312 g/mol. The predicted molar refractivity (Wildman–Crippen MR) is 90.3 cm³/mol. The maximum atomic E-state index is 12.3. The van der Waals surface area contributed by atoms with Gasteiger partial charge in [0.2, 0.25) is 5.76 Å². The van der Waals surface area contributed by atoms with Crippen molar-refractivity contribution in [3.05, 3.63) is 34.2 Å². The van der Waals surface area contributed by atoms with Gasteiger partial charge in [-0.2, -0.15) is 0 Å². The third-order valence-electron chi connectivity index (χ3n) is 4.29. The monoisotopic (exact) mass is 332 g/mol. The van der Waals surface area contributed by atoms with Gasteiger partial charge in [0.15, 0.2) is 11.0 Å². The largest absolute Gasteiger partial charge is 0.497 e. The molecule has 0 atom stereocenters. The number of hydrogen-bond acceptors (Lipinski definition) is 6. The number of benzene rings is 1. The number of rotatable bonds is 3. The van der Waals surface area contributed by atoms with Gasteiger partial charge < -0.3 is 24.1 Å². The average Bonchev–Trinajstić information content (AvgIpc) is 2.78. The van der Waals surface area contributed by atoms with Crippen LogP contribution in [0.1, 0.15) is 17.0 Å². The molecule has 1 aromatic carbocycles. The van der Waals surface area contributed by atoms with Crippen LogP contribution in [0, 0.1) is 0 Å². The molecule has 2 aromatic rings. The summed E-state index contributed by atoms with van der Waals surface area (Å²) in [5, 5.41) is 9.50. The number of methoxy groups -OCH3 is 1. The number of aromatic carboxylic acids is 1. The van der Waals surface area contributed by atoms with Crippen LogP contribution < -0.4 is 15.1 Å². The number of nitrogens with zero attached hydrogens (tertiary/aromatic N) is 2. The lowest BCUT2D eigenvalue weighted by Crippen LogP contribution is -2.29. The molecule has 1 N–H and O–H groups in total. The van der Waals surface area contributed by atoms with E-state index in [1.54, 1.807) is 12.1 Å². The first-order valence-corrected chi connectivity index (χ1v) is 7.82.